The van der Waals surface area contributed by atoms with Gasteiger partial charge in [-0.15, -0.1) is 0 Å². The minimum Gasteiger partial charge on any atom is -0.495 e. The van der Waals surface area contributed by atoms with Crippen molar-refractivity contribution in [2.45, 2.75) is 6.92 Å². The van der Waals surface area contributed by atoms with Crippen LogP contribution < -0.4 is 10.5 Å². The lowest BCUT2D eigenvalue weighted by atomic mass is 10.2. The van der Waals surface area contributed by atoms with E-state index in [0.717, 1.165) is 0 Å². The van der Waals surface area contributed by atoms with Gasteiger partial charge in [0.05, 0.1) is 19.4 Å². The molecule has 0 fully saturated rings. The molecule has 4 nitrogen and oxygen atoms in total. The Kier molecular flexibility index (Phi) is 4.22. The molecule has 0 aromatic heterocycles. The summed E-state index contributed by atoms with van der Waals surface area (Å²) in [4.78, 5) is 11.0. The molecule has 0 unspecified atom stereocenters. The Morgan fingerprint density at radius 2 is 2.25 bits per heavy atom. The smallest absolute Gasteiger partial charge is 0.384 e. The number of carbonyl (C=O) groups is 1. The molecule has 0 bridgehead atoms. The average molecular weight is 219 g/mol. The van der Waals surface area contributed by atoms with Gasteiger partial charge in [0, 0.05) is 11.5 Å². The zero-order valence-electron chi connectivity index (χ0n) is 9.24. The third kappa shape index (κ3) is 3.21. The molecule has 0 saturated heterocycles. The highest BCUT2D eigenvalue weighted by atomic mass is 16.5. The van der Waals surface area contributed by atoms with Gasteiger partial charge in [0.25, 0.3) is 0 Å². The van der Waals surface area contributed by atoms with Crippen molar-refractivity contribution in [1.82, 2.24) is 0 Å². The molecule has 2 N–H and O–H groups in total. The van der Waals surface area contributed by atoms with Crippen LogP contribution in [0.2, 0.25) is 0 Å². The molecule has 0 spiro atoms. The van der Waals surface area contributed by atoms with Crippen molar-refractivity contribution in [2.75, 3.05) is 19.5 Å². The van der Waals surface area contributed by atoms with Crippen LogP contribution in [-0.2, 0) is 9.53 Å². The van der Waals surface area contributed by atoms with Gasteiger partial charge < -0.3 is 15.2 Å². The number of nitrogen functional groups attached to an aromatic ring is 1. The van der Waals surface area contributed by atoms with Crippen LogP contribution in [0.1, 0.15) is 12.5 Å². The second kappa shape index (κ2) is 5.66. The first kappa shape index (κ1) is 11.9. The van der Waals surface area contributed by atoms with Gasteiger partial charge in [0.15, 0.2) is 0 Å². The number of rotatable bonds is 2. The number of methoxy groups -OCH3 is 1. The van der Waals surface area contributed by atoms with Gasteiger partial charge >= 0.3 is 5.97 Å². The molecule has 4 heteroatoms. The number of carbonyl (C=O) groups excluding carboxylic acids is 1. The standard InChI is InChI=1S/C12H13NO3/c1-3-16-12(14)7-5-9-4-6-10(13)11(8-9)15-2/h4,6,8H,3,13H2,1-2H3. The van der Waals surface area contributed by atoms with Crippen molar-refractivity contribution in [3.8, 4) is 17.6 Å². The summed E-state index contributed by atoms with van der Waals surface area (Å²) in [5, 5.41) is 0. The molecule has 0 radical (unpaired) electrons. The number of anilines is 1. The van der Waals surface area contributed by atoms with Crippen LogP contribution >= 0.6 is 0 Å². The summed E-state index contributed by atoms with van der Waals surface area (Å²) in [6.07, 6.45) is 0. The third-order valence-corrected chi connectivity index (χ3v) is 1.82. The maximum Gasteiger partial charge on any atom is 0.384 e. The second-order valence-corrected chi connectivity index (χ2v) is 2.93. The minimum atomic E-state index is -0.543. The van der Waals surface area contributed by atoms with Gasteiger partial charge in [-0.1, -0.05) is 5.92 Å². The molecule has 0 heterocycles. The number of esters is 1. The Morgan fingerprint density at radius 3 is 2.88 bits per heavy atom. The molecule has 16 heavy (non-hydrogen) atoms. The maximum atomic E-state index is 11.0. The van der Waals surface area contributed by atoms with Crippen LogP contribution in [0.3, 0.4) is 0 Å². The lowest BCUT2D eigenvalue weighted by molar-refractivity contribution is -0.136. The van der Waals surface area contributed by atoms with Gasteiger partial charge in [-0.3, -0.25) is 0 Å². The SMILES string of the molecule is CCOC(=O)C#Cc1ccc(N)c(OC)c1. The summed E-state index contributed by atoms with van der Waals surface area (Å²) in [5.41, 5.74) is 6.82. The lowest BCUT2D eigenvalue weighted by Crippen LogP contribution is -1.99. The van der Waals surface area contributed by atoms with E-state index >= 15 is 0 Å². The first-order valence-electron chi connectivity index (χ1n) is 4.79. The fourth-order valence-corrected chi connectivity index (χ4v) is 1.08. The van der Waals surface area contributed by atoms with Crippen molar-refractivity contribution in [3.05, 3.63) is 23.8 Å². The van der Waals surface area contributed by atoms with E-state index in [-0.39, 0.29) is 0 Å². The summed E-state index contributed by atoms with van der Waals surface area (Å²) < 4.78 is 9.71. The van der Waals surface area contributed by atoms with Gasteiger partial charge in [-0.2, -0.15) is 0 Å². The summed E-state index contributed by atoms with van der Waals surface area (Å²) in [6, 6.07) is 5.06. The quantitative estimate of drug-likeness (QED) is 0.461. The van der Waals surface area contributed by atoms with E-state index in [2.05, 4.69) is 16.6 Å². The number of benzene rings is 1. The zero-order chi connectivity index (χ0) is 12.0. The molecule has 0 atom stereocenters. The number of nitrogens with two attached hydrogens (primary N) is 1. The van der Waals surface area contributed by atoms with Crippen LogP contribution in [0.15, 0.2) is 18.2 Å². The molecule has 0 saturated carbocycles. The minimum absolute atomic E-state index is 0.318. The lowest BCUT2D eigenvalue weighted by Gasteiger charge is -2.03. The summed E-state index contributed by atoms with van der Waals surface area (Å²) in [6.45, 7) is 2.05. The van der Waals surface area contributed by atoms with Crippen molar-refractivity contribution in [3.63, 3.8) is 0 Å². The fourth-order valence-electron chi connectivity index (χ4n) is 1.08. The monoisotopic (exact) mass is 219 g/mol. The van der Waals surface area contributed by atoms with E-state index in [4.69, 9.17) is 10.5 Å². The maximum absolute atomic E-state index is 11.0. The Labute approximate surface area is 94.3 Å². The predicted octanol–water partition coefficient (Wildman–Crippen LogP) is 1.19. The first-order valence-corrected chi connectivity index (χ1v) is 4.79. The largest absolute Gasteiger partial charge is 0.495 e. The van der Waals surface area contributed by atoms with Crippen molar-refractivity contribution < 1.29 is 14.3 Å². The summed E-state index contributed by atoms with van der Waals surface area (Å²) in [5.74, 6) is 5.03. The first-order chi connectivity index (χ1) is 7.67. The highest BCUT2D eigenvalue weighted by Crippen LogP contribution is 2.21. The number of hydrogen-bond acceptors (Lipinski definition) is 4. The van der Waals surface area contributed by atoms with E-state index in [1.54, 1.807) is 25.1 Å². The van der Waals surface area contributed by atoms with Gasteiger partial charge in [0.1, 0.15) is 5.75 Å². The summed E-state index contributed by atoms with van der Waals surface area (Å²) in [7, 11) is 1.52. The molecule has 0 aliphatic rings. The van der Waals surface area contributed by atoms with Crippen molar-refractivity contribution in [2.24, 2.45) is 0 Å². The van der Waals surface area contributed by atoms with E-state index < -0.39 is 5.97 Å². The second-order valence-electron chi connectivity index (χ2n) is 2.93. The van der Waals surface area contributed by atoms with Gasteiger partial charge in [0.2, 0.25) is 0 Å². The van der Waals surface area contributed by atoms with E-state index in [1.165, 1.54) is 7.11 Å². The Morgan fingerprint density at radius 1 is 1.50 bits per heavy atom. The van der Waals surface area contributed by atoms with Crippen molar-refractivity contribution >= 4 is 11.7 Å². The van der Waals surface area contributed by atoms with Crippen LogP contribution in [0.25, 0.3) is 0 Å². The molecule has 1 aromatic carbocycles. The molecule has 1 rings (SSSR count). The molecule has 0 aliphatic carbocycles. The molecule has 1 aromatic rings. The fraction of sp³-hybridized carbons (Fsp3) is 0.250. The third-order valence-electron chi connectivity index (χ3n) is 1.82. The number of hydrogen-bond donors (Lipinski definition) is 1. The molecule has 0 amide bonds. The van der Waals surface area contributed by atoms with E-state index in [0.29, 0.717) is 23.6 Å². The Hall–Kier alpha value is -2.15. The Balaban J connectivity index is 2.85. The van der Waals surface area contributed by atoms with E-state index in [9.17, 15) is 4.79 Å². The number of ether oxygens (including phenoxy) is 2. The average Bonchev–Trinajstić information content (AvgIpc) is 2.28. The normalized spacial score (nSPS) is 8.88. The Bertz CT molecular complexity index is 443. The summed E-state index contributed by atoms with van der Waals surface area (Å²) >= 11 is 0. The van der Waals surface area contributed by atoms with Crippen LogP contribution in [-0.4, -0.2) is 19.7 Å². The van der Waals surface area contributed by atoms with Crippen LogP contribution in [0, 0.1) is 11.8 Å². The molecular formula is C12H13NO3. The zero-order valence-corrected chi connectivity index (χ0v) is 9.24. The predicted molar refractivity (Wildman–Crippen MR) is 60.9 cm³/mol. The van der Waals surface area contributed by atoms with Crippen molar-refractivity contribution in [1.29, 1.82) is 0 Å². The highest BCUT2D eigenvalue weighted by molar-refractivity contribution is 5.89. The topological polar surface area (TPSA) is 61.5 Å². The molecule has 84 valence electrons. The van der Waals surface area contributed by atoms with E-state index in [1.807, 2.05) is 0 Å². The molecule has 0 aliphatic heterocycles. The van der Waals surface area contributed by atoms with Crippen LogP contribution in [0.5, 0.6) is 5.75 Å². The highest BCUT2D eigenvalue weighted by Gasteiger charge is 1.99. The molecular weight excluding hydrogens is 206 g/mol. The van der Waals surface area contributed by atoms with Crippen LogP contribution in [0.4, 0.5) is 5.69 Å². The van der Waals surface area contributed by atoms with Gasteiger partial charge in [-0.25, -0.2) is 4.79 Å². The van der Waals surface area contributed by atoms with Gasteiger partial charge in [-0.05, 0) is 25.1 Å².